The first-order valence-corrected chi connectivity index (χ1v) is 33.2. The summed E-state index contributed by atoms with van der Waals surface area (Å²) in [5, 5.41) is 55.4. The van der Waals surface area contributed by atoms with Gasteiger partial charge in [0.25, 0.3) is 0 Å². The molecule has 498 valence electrons. The Balaban J connectivity index is 0.000000238. The molecule has 0 amide bonds. The Morgan fingerprint density at radius 3 is 0.817 bits per heavy atom. The van der Waals surface area contributed by atoms with E-state index in [1.807, 2.05) is 109 Å². The Hall–Kier alpha value is -9.42. The third-order valence-electron chi connectivity index (χ3n) is 13.9. The van der Waals surface area contributed by atoms with Gasteiger partial charge in [0.2, 0.25) is 0 Å². The minimum absolute atomic E-state index is 0.207. The lowest BCUT2D eigenvalue weighted by Gasteiger charge is -2.06. The van der Waals surface area contributed by atoms with Gasteiger partial charge in [0.05, 0.1) is 26.4 Å². The fraction of sp³-hybridized carbons (Fsp3) is 0.333. The average molecular weight is 1270 g/mol. The summed E-state index contributed by atoms with van der Waals surface area (Å²) in [7, 11) is 0. The molecule has 93 heavy (non-hydrogen) atoms. The monoisotopic (exact) mass is 1270 g/mol. The molecule has 0 saturated carbocycles. The first-order chi connectivity index (χ1) is 45.5. The van der Waals surface area contributed by atoms with Crippen molar-refractivity contribution >= 4 is 0 Å². The van der Waals surface area contributed by atoms with Crippen molar-refractivity contribution in [1.82, 2.24) is 0 Å². The topological polar surface area (TPSA) is 177 Å². The first kappa shape index (κ1) is 76.0. The van der Waals surface area contributed by atoms with Crippen LogP contribution in [0.5, 0.6) is 74.7 Å². The number of phenolic OH excluding ortho intramolecular Hbond substituents is 6. The van der Waals surface area contributed by atoms with E-state index in [1.54, 1.807) is 115 Å². The van der Waals surface area contributed by atoms with Gasteiger partial charge in [-0.2, -0.15) is 0 Å². The number of aromatic hydroxyl groups is 6. The molecule has 0 heterocycles. The van der Waals surface area contributed by atoms with Crippen molar-refractivity contribution in [3.8, 4) is 74.7 Å². The van der Waals surface area contributed by atoms with Gasteiger partial charge in [0.15, 0.2) is 0 Å². The van der Waals surface area contributed by atoms with E-state index < -0.39 is 0 Å². The van der Waals surface area contributed by atoms with Crippen LogP contribution < -0.4 is 28.4 Å². The van der Waals surface area contributed by atoms with E-state index >= 15 is 0 Å². The molecule has 0 atom stereocenters. The molecule has 9 aromatic carbocycles. The molecule has 0 aliphatic carbocycles. The molecule has 0 aliphatic heterocycles. The van der Waals surface area contributed by atoms with Gasteiger partial charge in [-0.3, -0.25) is 0 Å². The third kappa shape index (κ3) is 39.5. The number of ether oxygens (including phenoxy) is 6. The molecule has 0 aliphatic rings. The number of unbranched alkanes of at least 4 members (excludes halogenated alkanes) is 15. The van der Waals surface area contributed by atoms with E-state index in [1.165, 1.54) is 102 Å². The highest BCUT2D eigenvalue weighted by molar-refractivity contribution is 5.37. The van der Waals surface area contributed by atoms with Crippen LogP contribution in [0, 0.1) is 0 Å². The number of hydrogen-bond donors (Lipinski definition) is 6. The predicted octanol–water partition coefficient (Wildman–Crippen LogP) is 21.6. The van der Waals surface area contributed by atoms with Gasteiger partial charge in [-0.15, -0.1) is 0 Å². The molecule has 0 aromatic heterocycles. The molecule has 0 fully saturated rings. The van der Waals surface area contributed by atoms with Crippen molar-refractivity contribution in [3.63, 3.8) is 0 Å². The predicted molar refractivity (Wildman–Crippen MR) is 378 cm³/mol. The SMILES string of the molecule is CCCCCCCCCOc1cccc(O)c1.CCCCCCCCOc1cccc(O)c1.CCCCCCCOc1cccc(O)c1.Oc1cccc(OCCc2ccccc2)c1.Oc1cccc(OCc2ccccc2)c1.Oc1cccc(Oc2ccccc2)c1. The van der Waals surface area contributed by atoms with E-state index in [9.17, 15) is 30.6 Å². The van der Waals surface area contributed by atoms with Crippen LogP contribution >= 0.6 is 0 Å². The minimum Gasteiger partial charge on any atom is -0.508 e. The lowest BCUT2D eigenvalue weighted by Crippen LogP contribution is -2.00. The second-order valence-electron chi connectivity index (χ2n) is 22.1. The molecule has 9 rings (SSSR count). The van der Waals surface area contributed by atoms with Crippen molar-refractivity contribution in [2.24, 2.45) is 0 Å². The Labute approximate surface area is 554 Å². The van der Waals surface area contributed by atoms with E-state index in [2.05, 4.69) is 32.9 Å². The van der Waals surface area contributed by atoms with Crippen molar-refractivity contribution in [3.05, 3.63) is 248 Å². The standard InChI is InChI=1S/C15H24O2.C14H14O2.C14H22O2.C13H12O2.C13H20O2.C12H10O2/c1-2-3-4-5-6-7-8-12-17-15-11-9-10-14(16)13-15;15-13-7-4-8-14(11-13)16-10-9-12-5-2-1-3-6-12;1-2-3-4-5-6-7-11-16-14-10-8-9-13(15)12-14;14-12-7-4-8-13(9-12)15-10-11-5-2-1-3-6-11;1-2-3-4-5-6-10-15-13-9-7-8-12(14)11-13;13-10-5-4-8-12(9-10)14-11-6-2-1-3-7-11/h9-11,13,16H,2-8,12H2,1H3;1-8,11,15H,9-10H2;8-10,12,15H,2-7,11H2,1H3;1-9,14H,10H2;7-9,11,14H,2-6,10H2,1H3;1-9,13H. The van der Waals surface area contributed by atoms with Crippen LogP contribution in [0.2, 0.25) is 0 Å². The maximum Gasteiger partial charge on any atom is 0.131 e. The number of hydrogen-bond acceptors (Lipinski definition) is 12. The van der Waals surface area contributed by atoms with E-state index in [0.29, 0.717) is 30.5 Å². The molecule has 0 spiro atoms. The highest BCUT2D eigenvalue weighted by Crippen LogP contribution is 2.26. The molecule has 0 radical (unpaired) electrons. The Morgan fingerprint density at radius 2 is 0.484 bits per heavy atom. The number of para-hydroxylation sites is 1. The summed E-state index contributed by atoms with van der Waals surface area (Å²) in [6, 6.07) is 70.9. The first-order valence-electron chi connectivity index (χ1n) is 33.2. The molecule has 9 aromatic rings. The highest BCUT2D eigenvalue weighted by atomic mass is 16.5. The molecule has 6 N–H and O–H groups in total. The van der Waals surface area contributed by atoms with Gasteiger partial charge in [0.1, 0.15) is 81.4 Å². The maximum absolute atomic E-state index is 9.26. The van der Waals surface area contributed by atoms with Crippen molar-refractivity contribution in [2.75, 3.05) is 26.4 Å². The number of benzene rings is 9. The lowest BCUT2D eigenvalue weighted by molar-refractivity contribution is 0.302. The van der Waals surface area contributed by atoms with Gasteiger partial charge in [-0.05, 0) is 115 Å². The number of phenols is 6. The van der Waals surface area contributed by atoms with Crippen LogP contribution in [-0.2, 0) is 13.0 Å². The second-order valence-corrected chi connectivity index (χ2v) is 22.1. The van der Waals surface area contributed by atoms with Gasteiger partial charge in [-0.1, -0.05) is 232 Å². The quantitative estimate of drug-likeness (QED) is 0.0215. The Bertz CT molecular complexity index is 3230. The smallest absolute Gasteiger partial charge is 0.131 e. The van der Waals surface area contributed by atoms with Gasteiger partial charge in [-0.25, -0.2) is 0 Å². The molecule has 12 nitrogen and oxygen atoms in total. The maximum atomic E-state index is 9.26. The normalized spacial score (nSPS) is 10.1. The molecule has 0 unspecified atom stereocenters. The average Bonchev–Trinajstić information content (AvgIpc) is 3.64. The second kappa shape index (κ2) is 50.3. The summed E-state index contributed by atoms with van der Waals surface area (Å²) in [6.45, 7) is 10.1. The summed E-state index contributed by atoms with van der Waals surface area (Å²) >= 11 is 0. The zero-order valence-corrected chi connectivity index (χ0v) is 55.1. The van der Waals surface area contributed by atoms with E-state index in [-0.39, 0.29) is 34.5 Å². The minimum atomic E-state index is 0.207. The molecule has 0 saturated heterocycles. The van der Waals surface area contributed by atoms with Crippen LogP contribution in [0.15, 0.2) is 237 Å². The summed E-state index contributed by atoms with van der Waals surface area (Å²) in [4.78, 5) is 0. The Kier molecular flexibility index (Phi) is 41.1. The zero-order valence-electron chi connectivity index (χ0n) is 55.1. The zero-order chi connectivity index (χ0) is 66.5. The Morgan fingerprint density at radius 1 is 0.226 bits per heavy atom. The molecule has 12 heteroatoms. The van der Waals surface area contributed by atoms with Crippen molar-refractivity contribution in [2.45, 2.75) is 149 Å². The highest BCUT2D eigenvalue weighted by Gasteiger charge is 2.02. The van der Waals surface area contributed by atoms with Crippen LogP contribution in [-0.4, -0.2) is 57.1 Å². The van der Waals surface area contributed by atoms with Gasteiger partial charge < -0.3 is 59.1 Å². The summed E-state index contributed by atoms with van der Waals surface area (Å²) in [5.74, 6) is 6.51. The molecular formula is C81H102O12. The van der Waals surface area contributed by atoms with E-state index in [0.717, 1.165) is 74.1 Å². The van der Waals surface area contributed by atoms with Crippen molar-refractivity contribution < 1.29 is 59.1 Å². The fourth-order valence-electron chi connectivity index (χ4n) is 8.93. The van der Waals surface area contributed by atoms with Crippen LogP contribution in [0.3, 0.4) is 0 Å². The summed E-state index contributed by atoms with van der Waals surface area (Å²) in [6.07, 6.45) is 23.7. The van der Waals surface area contributed by atoms with Crippen molar-refractivity contribution in [1.29, 1.82) is 0 Å². The van der Waals surface area contributed by atoms with Gasteiger partial charge in [0, 0.05) is 42.8 Å². The fourth-order valence-corrected chi connectivity index (χ4v) is 8.93. The van der Waals surface area contributed by atoms with Crippen LogP contribution in [0.1, 0.15) is 147 Å². The molecular weight excluding hydrogens is 1160 g/mol. The number of rotatable bonds is 33. The van der Waals surface area contributed by atoms with Crippen LogP contribution in [0.25, 0.3) is 0 Å². The summed E-state index contributed by atoms with van der Waals surface area (Å²) < 4.78 is 33.1. The molecule has 0 bridgehead atoms. The summed E-state index contributed by atoms with van der Waals surface area (Å²) in [5.41, 5.74) is 2.36. The largest absolute Gasteiger partial charge is 0.508 e. The lowest BCUT2D eigenvalue weighted by atomic mass is 10.1. The van der Waals surface area contributed by atoms with Crippen LogP contribution in [0.4, 0.5) is 0 Å². The van der Waals surface area contributed by atoms with Gasteiger partial charge >= 0.3 is 0 Å². The van der Waals surface area contributed by atoms with E-state index in [4.69, 9.17) is 28.4 Å². The third-order valence-corrected chi connectivity index (χ3v) is 13.9.